The normalized spacial score (nSPS) is 17.4. The molecule has 1 N–H and O–H groups in total. The van der Waals surface area contributed by atoms with Gasteiger partial charge in [0.25, 0.3) is 0 Å². The fourth-order valence-corrected chi connectivity index (χ4v) is 6.11. The average Bonchev–Trinajstić information content (AvgIpc) is 2.92. The fourth-order valence-electron chi connectivity index (χ4n) is 6.11. The Morgan fingerprint density at radius 1 is 1.05 bits per heavy atom. The highest BCUT2D eigenvalue weighted by Gasteiger charge is 2.35. The number of methoxy groups -OCH3 is 1. The lowest BCUT2D eigenvalue weighted by molar-refractivity contribution is -0.137. The Hall–Kier alpha value is -3.34. The number of rotatable bonds is 11. The summed E-state index contributed by atoms with van der Waals surface area (Å²) in [7, 11) is 1.60. The molecule has 0 heterocycles. The van der Waals surface area contributed by atoms with Crippen molar-refractivity contribution in [3.63, 3.8) is 0 Å². The highest BCUT2D eigenvalue weighted by Crippen LogP contribution is 2.49. The number of carboxylic acids is 1. The molecular formula is C34H41FO4. The SMILES string of the molecule is CCC[C@@H](CC(=O)O)c1cccc(OCc2ccc(-c3cc(OC)ccc3F)c([C@H]3CCCCC3(C)C)c2)c1. The van der Waals surface area contributed by atoms with E-state index in [0.29, 0.717) is 23.8 Å². The van der Waals surface area contributed by atoms with Crippen LogP contribution in [0, 0.1) is 11.2 Å². The molecule has 0 saturated heterocycles. The Labute approximate surface area is 232 Å². The van der Waals surface area contributed by atoms with Crippen LogP contribution in [0.4, 0.5) is 4.39 Å². The van der Waals surface area contributed by atoms with Crippen molar-refractivity contribution in [1.82, 2.24) is 0 Å². The van der Waals surface area contributed by atoms with Crippen LogP contribution >= 0.6 is 0 Å². The van der Waals surface area contributed by atoms with Gasteiger partial charge in [0.2, 0.25) is 0 Å². The molecule has 2 atom stereocenters. The number of benzene rings is 3. The lowest BCUT2D eigenvalue weighted by Gasteiger charge is -2.40. The van der Waals surface area contributed by atoms with Crippen molar-refractivity contribution in [3.8, 4) is 22.6 Å². The highest BCUT2D eigenvalue weighted by atomic mass is 19.1. The Morgan fingerprint density at radius 2 is 1.87 bits per heavy atom. The summed E-state index contributed by atoms with van der Waals surface area (Å²) < 4.78 is 26.8. The smallest absolute Gasteiger partial charge is 0.303 e. The van der Waals surface area contributed by atoms with E-state index in [-0.39, 0.29) is 23.6 Å². The molecule has 4 nitrogen and oxygen atoms in total. The molecule has 0 spiro atoms. The molecule has 0 amide bonds. The molecule has 39 heavy (non-hydrogen) atoms. The van der Waals surface area contributed by atoms with Crippen molar-refractivity contribution < 1.29 is 23.8 Å². The second-order valence-corrected chi connectivity index (χ2v) is 11.5. The zero-order valence-corrected chi connectivity index (χ0v) is 23.6. The van der Waals surface area contributed by atoms with Gasteiger partial charge in [-0.25, -0.2) is 4.39 Å². The van der Waals surface area contributed by atoms with Crippen molar-refractivity contribution in [2.45, 2.75) is 84.2 Å². The van der Waals surface area contributed by atoms with Gasteiger partial charge in [-0.05, 0) is 89.1 Å². The minimum atomic E-state index is -0.787. The van der Waals surface area contributed by atoms with Gasteiger partial charge >= 0.3 is 5.97 Å². The Morgan fingerprint density at radius 3 is 2.59 bits per heavy atom. The van der Waals surface area contributed by atoms with E-state index in [0.717, 1.165) is 60.1 Å². The maximum atomic E-state index is 15.1. The van der Waals surface area contributed by atoms with Gasteiger partial charge in [-0.15, -0.1) is 0 Å². The molecule has 1 aliphatic carbocycles. The van der Waals surface area contributed by atoms with E-state index in [1.165, 1.54) is 12.5 Å². The molecule has 0 bridgehead atoms. The minimum Gasteiger partial charge on any atom is -0.497 e. The van der Waals surface area contributed by atoms with Crippen LogP contribution in [0.3, 0.4) is 0 Å². The van der Waals surface area contributed by atoms with Gasteiger partial charge in [-0.1, -0.05) is 70.4 Å². The maximum Gasteiger partial charge on any atom is 0.303 e. The summed E-state index contributed by atoms with van der Waals surface area (Å²) >= 11 is 0. The number of hydrogen-bond donors (Lipinski definition) is 1. The first-order valence-corrected chi connectivity index (χ1v) is 14.1. The lowest BCUT2D eigenvalue weighted by Crippen LogP contribution is -2.26. The third kappa shape index (κ3) is 7.00. The summed E-state index contributed by atoms with van der Waals surface area (Å²) in [6.07, 6.45) is 6.44. The molecular weight excluding hydrogens is 491 g/mol. The topological polar surface area (TPSA) is 55.8 Å². The first kappa shape index (κ1) is 28.7. The van der Waals surface area contributed by atoms with Crippen LogP contribution in [0.15, 0.2) is 60.7 Å². The first-order chi connectivity index (χ1) is 18.7. The molecule has 1 aliphatic rings. The molecule has 3 aromatic rings. The number of aliphatic carboxylic acids is 1. The molecule has 0 radical (unpaired) electrons. The number of carbonyl (C=O) groups is 1. The summed E-state index contributed by atoms with van der Waals surface area (Å²) in [5, 5.41) is 9.35. The van der Waals surface area contributed by atoms with Crippen LogP contribution in [0.25, 0.3) is 11.1 Å². The largest absolute Gasteiger partial charge is 0.497 e. The average molecular weight is 533 g/mol. The second kappa shape index (κ2) is 12.7. The highest BCUT2D eigenvalue weighted by molar-refractivity contribution is 5.71. The molecule has 1 fully saturated rings. The Kier molecular flexibility index (Phi) is 9.32. The third-order valence-corrected chi connectivity index (χ3v) is 8.26. The minimum absolute atomic E-state index is 0.0340. The van der Waals surface area contributed by atoms with Gasteiger partial charge in [0.1, 0.15) is 23.9 Å². The summed E-state index contributed by atoms with van der Waals surface area (Å²) in [6.45, 7) is 7.09. The van der Waals surface area contributed by atoms with Crippen LogP contribution in [-0.4, -0.2) is 18.2 Å². The van der Waals surface area contributed by atoms with E-state index in [4.69, 9.17) is 9.47 Å². The summed E-state index contributed by atoms with van der Waals surface area (Å²) in [4.78, 5) is 11.4. The summed E-state index contributed by atoms with van der Waals surface area (Å²) in [5.74, 6) is 0.590. The van der Waals surface area contributed by atoms with Crippen LogP contribution < -0.4 is 9.47 Å². The molecule has 0 aliphatic heterocycles. The van der Waals surface area contributed by atoms with Crippen molar-refractivity contribution in [3.05, 3.63) is 83.2 Å². The van der Waals surface area contributed by atoms with Crippen LogP contribution in [0.1, 0.15) is 94.2 Å². The fraction of sp³-hybridized carbons (Fsp3) is 0.441. The number of ether oxygens (including phenoxy) is 2. The Balaban J connectivity index is 1.65. The molecule has 3 aromatic carbocycles. The van der Waals surface area contributed by atoms with Gasteiger partial charge < -0.3 is 14.6 Å². The molecule has 0 unspecified atom stereocenters. The van der Waals surface area contributed by atoms with Crippen molar-refractivity contribution >= 4 is 5.97 Å². The quantitative estimate of drug-likeness (QED) is 0.267. The van der Waals surface area contributed by atoms with Crippen molar-refractivity contribution in [2.75, 3.05) is 7.11 Å². The van der Waals surface area contributed by atoms with Gasteiger partial charge in [-0.3, -0.25) is 4.79 Å². The van der Waals surface area contributed by atoms with E-state index >= 15 is 4.39 Å². The third-order valence-electron chi connectivity index (χ3n) is 8.26. The van der Waals surface area contributed by atoms with E-state index in [1.54, 1.807) is 19.2 Å². The van der Waals surface area contributed by atoms with E-state index in [1.807, 2.05) is 36.4 Å². The van der Waals surface area contributed by atoms with E-state index in [9.17, 15) is 9.90 Å². The zero-order chi connectivity index (χ0) is 28.0. The zero-order valence-electron chi connectivity index (χ0n) is 23.6. The predicted molar refractivity (Wildman–Crippen MR) is 154 cm³/mol. The summed E-state index contributed by atoms with van der Waals surface area (Å²) in [6, 6.07) is 18.9. The standard InChI is InChI=1S/C34H41FO4/c1-5-9-24(20-33(36)37)25-10-8-11-27(19-25)39-22-23-13-15-28(30-21-26(38-4)14-16-32(30)35)29(18-23)31-12-6-7-17-34(31,2)3/h8,10-11,13-16,18-19,21,24,31H,5-7,9,12,17,20,22H2,1-4H3,(H,36,37)/t24-,31+/m0/s1. The Bertz CT molecular complexity index is 1280. The molecule has 208 valence electrons. The van der Waals surface area contributed by atoms with E-state index in [2.05, 4.69) is 26.8 Å². The van der Waals surface area contributed by atoms with Gasteiger partial charge in [0.15, 0.2) is 0 Å². The number of halogens is 1. The number of carboxylic acid groups (broad SMARTS) is 1. The van der Waals surface area contributed by atoms with Gasteiger partial charge in [0, 0.05) is 5.56 Å². The van der Waals surface area contributed by atoms with Crippen LogP contribution in [0.2, 0.25) is 0 Å². The molecule has 5 heteroatoms. The van der Waals surface area contributed by atoms with Crippen molar-refractivity contribution in [2.24, 2.45) is 5.41 Å². The first-order valence-electron chi connectivity index (χ1n) is 14.1. The second-order valence-electron chi connectivity index (χ2n) is 11.5. The van der Waals surface area contributed by atoms with Crippen LogP contribution in [-0.2, 0) is 11.4 Å². The van der Waals surface area contributed by atoms with Crippen molar-refractivity contribution in [1.29, 1.82) is 0 Å². The summed E-state index contributed by atoms with van der Waals surface area (Å²) in [5.41, 5.74) is 4.75. The van der Waals surface area contributed by atoms with E-state index < -0.39 is 5.97 Å². The van der Waals surface area contributed by atoms with Crippen LogP contribution in [0.5, 0.6) is 11.5 Å². The molecule has 0 aromatic heterocycles. The van der Waals surface area contributed by atoms with Gasteiger partial charge in [-0.2, -0.15) is 0 Å². The van der Waals surface area contributed by atoms with Gasteiger partial charge in [0.05, 0.1) is 13.5 Å². The molecule has 1 saturated carbocycles. The predicted octanol–water partition coefficient (Wildman–Crippen LogP) is 9.12. The lowest BCUT2D eigenvalue weighted by atomic mass is 9.65. The number of hydrogen-bond acceptors (Lipinski definition) is 3. The monoisotopic (exact) mass is 532 g/mol. The molecule has 4 rings (SSSR count). The maximum absolute atomic E-state index is 15.1.